The van der Waals surface area contributed by atoms with E-state index in [2.05, 4.69) is 17.1 Å². The first-order chi connectivity index (χ1) is 12.5. The zero-order valence-corrected chi connectivity index (χ0v) is 15.6. The van der Waals surface area contributed by atoms with Crippen LogP contribution in [0.2, 0.25) is 0 Å². The summed E-state index contributed by atoms with van der Waals surface area (Å²) in [5, 5.41) is 3.15. The molecule has 5 nitrogen and oxygen atoms in total. The SMILES string of the molecule is CCOC(=O)c1c(NC(=O)c2ccccc2F)sc2c1CCN(CC)C2. The fraction of sp³-hybridized carbons (Fsp3) is 0.368. The van der Waals surface area contributed by atoms with E-state index in [1.807, 2.05) is 0 Å². The van der Waals surface area contributed by atoms with Crippen LogP contribution in [0.4, 0.5) is 9.39 Å². The van der Waals surface area contributed by atoms with Crippen molar-refractivity contribution >= 4 is 28.2 Å². The van der Waals surface area contributed by atoms with Gasteiger partial charge in [-0.15, -0.1) is 11.3 Å². The molecule has 0 fully saturated rings. The number of fused-ring (bicyclic) bond motifs is 1. The van der Waals surface area contributed by atoms with Crippen LogP contribution in [0.3, 0.4) is 0 Å². The lowest BCUT2D eigenvalue weighted by Crippen LogP contribution is -2.30. The Morgan fingerprint density at radius 1 is 1.31 bits per heavy atom. The van der Waals surface area contributed by atoms with Crippen LogP contribution >= 0.6 is 11.3 Å². The van der Waals surface area contributed by atoms with Crippen molar-refractivity contribution in [1.82, 2.24) is 4.90 Å². The summed E-state index contributed by atoms with van der Waals surface area (Å²) in [5.41, 5.74) is 1.29. The van der Waals surface area contributed by atoms with E-state index >= 15 is 0 Å². The van der Waals surface area contributed by atoms with Crippen molar-refractivity contribution in [2.75, 3.05) is 25.0 Å². The van der Waals surface area contributed by atoms with E-state index in [-0.39, 0.29) is 12.2 Å². The Kier molecular flexibility index (Phi) is 5.68. The number of hydrogen-bond acceptors (Lipinski definition) is 5. The normalized spacial score (nSPS) is 14.0. The Morgan fingerprint density at radius 2 is 2.08 bits per heavy atom. The molecule has 0 radical (unpaired) electrons. The van der Waals surface area contributed by atoms with Crippen LogP contribution in [-0.2, 0) is 17.7 Å². The molecular formula is C19H21FN2O3S. The molecule has 1 aliphatic heterocycles. The topological polar surface area (TPSA) is 58.6 Å². The monoisotopic (exact) mass is 376 g/mol. The standard InChI is InChI=1S/C19H21FN2O3S/c1-3-22-10-9-13-15(11-22)26-18(16(13)19(24)25-4-2)21-17(23)12-7-5-6-8-14(12)20/h5-8H,3-4,9-11H2,1-2H3,(H,21,23). The van der Waals surface area contributed by atoms with Gasteiger partial charge in [0.1, 0.15) is 10.8 Å². The number of ether oxygens (including phenoxy) is 1. The second-order valence-corrected chi connectivity index (χ2v) is 7.09. The highest BCUT2D eigenvalue weighted by molar-refractivity contribution is 7.17. The van der Waals surface area contributed by atoms with Crippen LogP contribution in [0.25, 0.3) is 0 Å². The minimum atomic E-state index is -0.596. The maximum atomic E-state index is 13.9. The number of nitrogens with one attached hydrogen (secondary N) is 1. The number of thiophene rings is 1. The first kappa shape index (κ1) is 18.5. The predicted molar refractivity (Wildman–Crippen MR) is 99.3 cm³/mol. The molecule has 1 aromatic carbocycles. The molecule has 0 unspecified atom stereocenters. The van der Waals surface area contributed by atoms with Gasteiger partial charge in [0.25, 0.3) is 5.91 Å². The smallest absolute Gasteiger partial charge is 0.341 e. The lowest BCUT2D eigenvalue weighted by Gasteiger charge is -2.25. The minimum Gasteiger partial charge on any atom is -0.462 e. The number of rotatable bonds is 5. The Labute approximate surface area is 155 Å². The van der Waals surface area contributed by atoms with Gasteiger partial charge >= 0.3 is 5.97 Å². The number of esters is 1. The second-order valence-electron chi connectivity index (χ2n) is 5.98. The highest BCUT2D eigenvalue weighted by Crippen LogP contribution is 2.38. The molecule has 26 heavy (non-hydrogen) atoms. The minimum absolute atomic E-state index is 0.0520. The van der Waals surface area contributed by atoms with Crippen molar-refractivity contribution in [3.05, 3.63) is 51.7 Å². The van der Waals surface area contributed by atoms with Gasteiger partial charge in [-0.25, -0.2) is 9.18 Å². The zero-order chi connectivity index (χ0) is 18.7. The molecule has 3 rings (SSSR count). The van der Waals surface area contributed by atoms with E-state index in [9.17, 15) is 14.0 Å². The van der Waals surface area contributed by atoms with Crippen LogP contribution < -0.4 is 5.32 Å². The molecule has 1 amide bonds. The number of carbonyl (C=O) groups excluding carboxylic acids is 2. The molecule has 2 aromatic rings. The highest BCUT2D eigenvalue weighted by atomic mass is 32.1. The zero-order valence-electron chi connectivity index (χ0n) is 14.8. The number of anilines is 1. The largest absolute Gasteiger partial charge is 0.462 e. The van der Waals surface area contributed by atoms with Gasteiger partial charge in [-0.2, -0.15) is 0 Å². The second kappa shape index (κ2) is 7.97. The molecule has 7 heteroatoms. The van der Waals surface area contributed by atoms with Crippen molar-refractivity contribution in [1.29, 1.82) is 0 Å². The molecule has 0 spiro atoms. The van der Waals surface area contributed by atoms with Crippen molar-refractivity contribution < 1.29 is 18.7 Å². The molecule has 1 N–H and O–H groups in total. The van der Waals surface area contributed by atoms with Gasteiger partial charge in [-0.05, 0) is 37.6 Å². The third-order valence-electron chi connectivity index (χ3n) is 4.41. The number of hydrogen-bond donors (Lipinski definition) is 1. The summed E-state index contributed by atoms with van der Waals surface area (Å²) in [7, 11) is 0. The molecule has 2 heterocycles. The first-order valence-corrected chi connectivity index (χ1v) is 9.46. The molecule has 1 aromatic heterocycles. The van der Waals surface area contributed by atoms with Crippen molar-refractivity contribution in [2.24, 2.45) is 0 Å². The van der Waals surface area contributed by atoms with Crippen molar-refractivity contribution in [3.63, 3.8) is 0 Å². The summed E-state index contributed by atoms with van der Waals surface area (Å²) < 4.78 is 19.1. The molecule has 0 saturated heterocycles. The lowest BCUT2D eigenvalue weighted by molar-refractivity contribution is 0.0526. The molecule has 138 valence electrons. The Bertz CT molecular complexity index is 834. The summed E-state index contributed by atoms with van der Waals surface area (Å²) in [6.07, 6.45) is 0.726. The van der Waals surface area contributed by atoms with E-state index in [1.54, 1.807) is 13.0 Å². The molecule has 0 aliphatic carbocycles. The van der Waals surface area contributed by atoms with Crippen LogP contribution in [0, 0.1) is 5.82 Å². The molecule has 0 saturated carbocycles. The summed E-state index contributed by atoms with van der Waals surface area (Å²) >= 11 is 1.37. The van der Waals surface area contributed by atoms with Gasteiger partial charge in [-0.1, -0.05) is 19.1 Å². The molecule has 0 atom stereocenters. The number of likely N-dealkylation sites (N-methyl/N-ethyl adjacent to an activating group) is 1. The molecular weight excluding hydrogens is 355 g/mol. The van der Waals surface area contributed by atoms with E-state index in [1.165, 1.54) is 29.5 Å². The van der Waals surface area contributed by atoms with Crippen LogP contribution in [-0.4, -0.2) is 36.5 Å². The van der Waals surface area contributed by atoms with Gasteiger partial charge in [0.2, 0.25) is 0 Å². The number of nitrogens with zero attached hydrogens (tertiary/aromatic N) is 1. The fourth-order valence-electron chi connectivity index (χ4n) is 3.05. The number of benzene rings is 1. The number of halogens is 1. The van der Waals surface area contributed by atoms with E-state index in [0.717, 1.165) is 36.5 Å². The predicted octanol–water partition coefficient (Wildman–Crippen LogP) is 3.69. The van der Waals surface area contributed by atoms with Crippen LogP contribution in [0.1, 0.15) is 45.0 Å². The van der Waals surface area contributed by atoms with Gasteiger partial charge in [0.05, 0.1) is 17.7 Å². The molecule has 0 bridgehead atoms. The van der Waals surface area contributed by atoms with E-state index in [0.29, 0.717) is 10.6 Å². The van der Waals surface area contributed by atoms with E-state index < -0.39 is 17.7 Å². The lowest BCUT2D eigenvalue weighted by atomic mass is 10.0. The van der Waals surface area contributed by atoms with Crippen LogP contribution in [0.15, 0.2) is 24.3 Å². The summed E-state index contributed by atoms with van der Waals surface area (Å²) in [6, 6.07) is 5.78. The third-order valence-corrected chi connectivity index (χ3v) is 5.54. The van der Waals surface area contributed by atoms with Gasteiger partial charge in [0.15, 0.2) is 0 Å². The van der Waals surface area contributed by atoms with E-state index in [4.69, 9.17) is 4.74 Å². The Hall–Kier alpha value is -2.25. The maximum absolute atomic E-state index is 13.9. The Morgan fingerprint density at radius 3 is 2.77 bits per heavy atom. The number of amides is 1. The van der Waals surface area contributed by atoms with Crippen molar-refractivity contribution in [2.45, 2.75) is 26.8 Å². The number of carbonyl (C=O) groups is 2. The maximum Gasteiger partial charge on any atom is 0.341 e. The fourth-order valence-corrected chi connectivity index (χ4v) is 4.32. The quantitative estimate of drug-likeness (QED) is 0.809. The summed E-state index contributed by atoms with van der Waals surface area (Å²) in [6.45, 7) is 6.60. The van der Waals surface area contributed by atoms with Gasteiger partial charge in [-0.3, -0.25) is 9.69 Å². The van der Waals surface area contributed by atoms with Crippen molar-refractivity contribution in [3.8, 4) is 0 Å². The van der Waals surface area contributed by atoms with Gasteiger partial charge < -0.3 is 10.1 Å². The summed E-state index contributed by atoms with van der Waals surface area (Å²) in [4.78, 5) is 28.3. The molecule has 1 aliphatic rings. The first-order valence-electron chi connectivity index (χ1n) is 8.65. The average molecular weight is 376 g/mol. The van der Waals surface area contributed by atoms with Crippen LogP contribution in [0.5, 0.6) is 0 Å². The highest BCUT2D eigenvalue weighted by Gasteiger charge is 2.29. The average Bonchev–Trinajstić information content (AvgIpc) is 2.98. The Balaban J connectivity index is 1.95. The third kappa shape index (κ3) is 3.64. The van der Waals surface area contributed by atoms with Gasteiger partial charge in [0, 0.05) is 18.0 Å². The summed E-state index contributed by atoms with van der Waals surface area (Å²) in [5.74, 6) is -1.61.